The molecule has 0 saturated carbocycles. The summed E-state index contributed by atoms with van der Waals surface area (Å²) in [7, 11) is 0. The van der Waals surface area contributed by atoms with E-state index in [1.54, 1.807) is 4.90 Å². The van der Waals surface area contributed by atoms with Gasteiger partial charge in [0.05, 0.1) is 0 Å². The van der Waals surface area contributed by atoms with Crippen LogP contribution in [0.15, 0.2) is 24.3 Å². The first-order chi connectivity index (χ1) is 12.2. The Bertz CT molecular complexity index is 568. The number of hydrogen-bond acceptors (Lipinski definition) is 3. The number of amides is 2. The maximum Gasteiger partial charge on any atom is 0.240 e. The Balaban J connectivity index is 1.90. The number of rotatable bonds is 9. The van der Waals surface area contributed by atoms with Gasteiger partial charge in [0.15, 0.2) is 0 Å². The van der Waals surface area contributed by atoms with Crippen molar-refractivity contribution in [2.24, 2.45) is 0 Å². The number of fused-ring (bicyclic) bond motifs is 1. The monoisotopic (exact) mass is 345 g/mol. The van der Waals surface area contributed by atoms with Gasteiger partial charge in [0.25, 0.3) is 0 Å². The highest BCUT2D eigenvalue weighted by molar-refractivity contribution is 5.99. The molecule has 0 aromatic heterocycles. The van der Waals surface area contributed by atoms with E-state index in [2.05, 4.69) is 24.1 Å². The first kappa shape index (κ1) is 19.4. The lowest BCUT2D eigenvalue weighted by molar-refractivity contribution is -0.123. The standard InChI is InChI=1S/C20H31N3O2/c1-3-13-22(14-4-2)15-12-21-19(24)16-23-18-10-6-5-8-17(18)9-7-11-20(23)25/h5-6,8,10H,3-4,7,9,11-16H2,1-2H3,(H,21,24). The fraction of sp³-hybridized carbons (Fsp3) is 0.600. The van der Waals surface area contributed by atoms with Gasteiger partial charge in [-0.1, -0.05) is 32.0 Å². The summed E-state index contributed by atoms with van der Waals surface area (Å²) < 4.78 is 0. The molecule has 0 aliphatic carbocycles. The van der Waals surface area contributed by atoms with Gasteiger partial charge in [0.1, 0.15) is 6.54 Å². The van der Waals surface area contributed by atoms with E-state index < -0.39 is 0 Å². The molecule has 1 N–H and O–H groups in total. The molecule has 1 aliphatic heterocycles. The zero-order valence-electron chi connectivity index (χ0n) is 15.6. The molecule has 25 heavy (non-hydrogen) atoms. The van der Waals surface area contributed by atoms with Crippen LogP contribution in [-0.2, 0) is 16.0 Å². The third-order valence-electron chi connectivity index (χ3n) is 4.55. The van der Waals surface area contributed by atoms with Crippen molar-refractivity contribution in [3.8, 4) is 0 Å². The average Bonchev–Trinajstić information content (AvgIpc) is 2.75. The molecule has 138 valence electrons. The highest BCUT2D eigenvalue weighted by Crippen LogP contribution is 2.26. The molecule has 0 spiro atoms. The number of nitrogens with one attached hydrogen (secondary N) is 1. The van der Waals surface area contributed by atoms with E-state index in [-0.39, 0.29) is 18.4 Å². The first-order valence-corrected chi connectivity index (χ1v) is 9.53. The van der Waals surface area contributed by atoms with Crippen molar-refractivity contribution < 1.29 is 9.59 Å². The van der Waals surface area contributed by atoms with Crippen LogP contribution in [0.5, 0.6) is 0 Å². The third kappa shape index (κ3) is 5.85. The molecule has 2 amide bonds. The van der Waals surface area contributed by atoms with Crippen molar-refractivity contribution in [1.82, 2.24) is 10.2 Å². The van der Waals surface area contributed by atoms with Crippen LogP contribution in [0.25, 0.3) is 0 Å². The van der Waals surface area contributed by atoms with Gasteiger partial charge in [0.2, 0.25) is 11.8 Å². The predicted molar refractivity (Wildman–Crippen MR) is 102 cm³/mol. The van der Waals surface area contributed by atoms with Gasteiger partial charge in [-0.05, 0) is 50.4 Å². The maximum absolute atomic E-state index is 12.4. The summed E-state index contributed by atoms with van der Waals surface area (Å²) in [5.74, 6) is -0.0447. The molecule has 5 heteroatoms. The molecule has 0 fully saturated rings. The number of aryl methyl sites for hydroxylation is 1. The van der Waals surface area contributed by atoms with Gasteiger partial charge in [-0.25, -0.2) is 0 Å². The summed E-state index contributed by atoms with van der Waals surface area (Å²) >= 11 is 0. The van der Waals surface area contributed by atoms with Crippen LogP contribution in [0, 0.1) is 0 Å². The molecule has 1 aromatic carbocycles. The number of carbonyl (C=O) groups is 2. The second-order valence-corrected chi connectivity index (χ2v) is 6.65. The Kier molecular flexibility index (Phi) is 7.92. The molecule has 1 aliphatic rings. The second kappa shape index (κ2) is 10.2. The lowest BCUT2D eigenvalue weighted by atomic mass is 10.1. The van der Waals surface area contributed by atoms with Crippen LogP contribution in [0.2, 0.25) is 0 Å². The number of benzene rings is 1. The molecule has 0 atom stereocenters. The van der Waals surface area contributed by atoms with Crippen LogP contribution in [-0.4, -0.2) is 49.4 Å². The number of para-hydroxylation sites is 1. The molecule has 0 radical (unpaired) electrons. The van der Waals surface area contributed by atoms with Gasteiger partial charge in [-0.3, -0.25) is 9.59 Å². The van der Waals surface area contributed by atoms with E-state index in [4.69, 9.17) is 0 Å². The summed E-state index contributed by atoms with van der Waals surface area (Å²) in [6.45, 7) is 8.05. The SMILES string of the molecule is CCCN(CCC)CCNC(=O)CN1C(=O)CCCc2ccccc21. The Labute approximate surface area is 151 Å². The Morgan fingerprint density at radius 3 is 2.56 bits per heavy atom. The molecule has 0 unspecified atom stereocenters. The Morgan fingerprint density at radius 1 is 1.12 bits per heavy atom. The van der Waals surface area contributed by atoms with Crippen LogP contribution in [0.1, 0.15) is 45.1 Å². The predicted octanol–water partition coefficient (Wildman–Crippen LogP) is 2.59. The summed E-state index contributed by atoms with van der Waals surface area (Å²) in [5.41, 5.74) is 2.04. The number of nitrogens with zero attached hydrogens (tertiary/aromatic N) is 2. The first-order valence-electron chi connectivity index (χ1n) is 9.53. The Hall–Kier alpha value is -1.88. The van der Waals surface area contributed by atoms with Gasteiger partial charge in [-0.15, -0.1) is 0 Å². The molecule has 2 rings (SSSR count). The van der Waals surface area contributed by atoms with Crippen LogP contribution < -0.4 is 10.2 Å². The zero-order chi connectivity index (χ0) is 18.1. The molecular formula is C20H31N3O2. The summed E-state index contributed by atoms with van der Waals surface area (Å²) in [5, 5.41) is 2.97. The second-order valence-electron chi connectivity index (χ2n) is 6.65. The minimum absolute atomic E-state index is 0.0405. The fourth-order valence-corrected chi connectivity index (χ4v) is 3.38. The van der Waals surface area contributed by atoms with E-state index in [1.165, 1.54) is 0 Å². The molecule has 1 heterocycles. The summed E-state index contributed by atoms with van der Waals surface area (Å²) in [6, 6.07) is 7.90. The number of carbonyl (C=O) groups excluding carboxylic acids is 2. The van der Waals surface area contributed by atoms with E-state index in [9.17, 15) is 9.59 Å². The molecule has 0 bridgehead atoms. The highest BCUT2D eigenvalue weighted by Gasteiger charge is 2.23. The van der Waals surface area contributed by atoms with E-state index in [1.807, 2.05) is 24.3 Å². The topological polar surface area (TPSA) is 52.7 Å². The van der Waals surface area contributed by atoms with Crippen LogP contribution in [0.4, 0.5) is 5.69 Å². The normalized spacial score (nSPS) is 14.4. The van der Waals surface area contributed by atoms with E-state index >= 15 is 0 Å². The smallest absolute Gasteiger partial charge is 0.240 e. The van der Waals surface area contributed by atoms with Gasteiger partial charge >= 0.3 is 0 Å². The van der Waals surface area contributed by atoms with Crippen molar-refractivity contribution in [2.45, 2.75) is 46.0 Å². The van der Waals surface area contributed by atoms with Gasteiger partial charge in [0, 0.05) is 25.2 Å². The number of hydrogen-bond donors (Lipinski definition) is 1. The van der Waals surface area contributed by atoms with Crippen molar-refractivity contribution in [2.75, 3.05) is 37.6 Å². The quantitative estimate of drug-likeness (QED) is 0.748. The highest BCUT2D eigenvalue weighted by atomic mass is 16.2. The van der Waals surface area contributed by atoms with E-state index in [0.29, 0.717) is 13.0 Å². The third-order valence-corrected chi connectivity index (χ3v) is 4.55. The van der Waals surface area contributed by atoms with Crippen molar-refractivity contribution in [3.63, 3.8) is 0 Å². The molecule has 0 saturated heterocycles. The molecule has 5 nitrogen and oxygen atoms in total. The van der Waals surface area contributed by atoms with Gasteiger partial charge in [-0.2, -0.15) is 0 Å². The van der Waals surface area contributed by atoms with Gasteiger partial charge < -0.3 is 15.1 Å². The largest absolute Gasteiger partial charge is 0.353 e. The van der Waals surface area contributed by atoms with Crippen LogP contribution in [0.3, 0.4) is 0 Å². The maximum atomic E-state index is 12.4. The van der Waals surface area contributed by atoms with Crippen LogP contribution >= 0.6 is 0 Å². The Morgan fingerprint density at radius 2 is 1.84 bits per heavy atom. The average molecular weight is 345 g/mol. The fourth-order valence-electron chi connectivity index (χ4n) is 3.38. The number of anilines is 1. The lowest BCUT2D eigenvalue weighted by Gasteiger charge is -2.24. The minimum atomic E-state index is -0.0852. The molecule has 1 aromatic rings. The summed E-state index contributed by atoms with van der Waals surface area (Å²) in [4.78, 5) is 28.8. The summed E-state index contributed by atoms with van der Waals surface area (Å²) in [6.07, 6.45) is 4.47. The molecular weight excluding hydrogens is 314 g/mol. The minimum Gasteiger partial charge on any atom is -0.353 e. The lowest BCUT2D eigenvalue weighted by Crippen LogP contribution is -2.43. The van der Waals surface area contributed by atoms with E-state index in [0.717, 1.165) is 56.6 Å². The zero-order valence-corrected chi connectivity index (χ0v) is 15.6. The van der Waals surface area contributed by atoms with Crippen molar-refractivity contribution >= 4 is 17.5 Å². The van der Waals surface area contributed by atoms with Crippen molar-refractivity contribution in [3.05, 3.63) is 29.8 Å². The van der Waals surface area contributed by atoms with Crippen molar-refractivity contribution in [1.29, 1.82) is 0 Å².